The number of imidazole rings is 1. The van der Waals surface area contributed by atoms with Crippen molar-refractivity contribution in [2.75, 3.05) is 29.9 Å². The van der Waals surface area contributed by atoms with Crippen LogP contribution in [0.4, 0.5) is 11.4 Å². The summed E-state index contributed by atoms with van der Waals surface area (Å²) in [5.74, 6) is 0.679. The number of hydrogen-bond acceptors (Lipinski definition) is 4. The Bertz CT molecular complexity index is 1190. The number of nitrogens with one attached hydrogen (secondary N) is 3. The largest absolute Gasteiger partial charge is 0.370 e. The van der Waals surface area contributed by atoms with E-state index >= 15 is 0 Å². The van der Waals surface area contributed by atoms with Crippen molar-refractivity contribution < 1.29 is 9.59 Å². The standard InChI is InChI=1S/C29H35N5O2/c1-20-4-2-3-5-23(20)16-21-11-14-34(15-12-21)27-9-8-24(17-26(27)33-29(36)22-6-7-22)28(35)31-13-10-25-18-30-19-32-25/h2-5,8-9,17-19,21-22H,6-7,10-16H2,1H3,(H,30,32)(H,31,35)(H,33,36). The van der Waals surface area contributed by atoms with Crippen molar-refractivity contribution in [2.24, 2.45) is 11.8 Å². The minimum atomic E-state index is -0.139. The summed E-state index contributed by atoms with van der Waals surface area (Å²) in [5.41, 5.74) is 6.09. The van der Waals surface area contributed by atoms with E-state index in [4.69, 9.17) is 0 Å². The van der Waals surface area contributed by atoms with Gasteiger partial charge in [0.2, 0.25) is 5.91 Å². The van der Waals surface area contributed by atoms with Crippen LogP contribution in [0.3, 0.4) is 0 Å². The van der Waals surface area contributed by atoms with E-state index in [0.29, 0.717) is 24.4 Å². The molecule has 0 bridgehead atoms. The predicted molar refractivity (Wildman–Crippen MR) is 142 cm³/mol. The fraction of sp³-hybridized carbons (Fsp3) is 0.414. The Kier molecular flexibility index (Phi) is 7.35. The number of carbonyl (C=O) groups is 2. The van der Waals surface area contributed by atoms with Gasteiger partial charge in [-0.15, -0.1) is 0 Å². The van der Waals surface area contributed by atoms with Crippen LogP contribution in [0.2, 0.25) is 0 Å². The molecule has 0 atom stereocenters. The maximum absolute atomic E-state index is 12.8. The Morgan fingerprint density at radius 1 is 1.08 bits per heavy atom. The number of aryl methyl sites for hydroxylation is 1. The average Bonchev–Trinajstić information content (AvgIpc) is 3.62. The van der Waals surface area contributed by atoms with Crippen LogP contribution in [0.25, 0.3) is 0 Å². The number of piperidine rings is 1. The van der Waals surface area contributed by atoms with Crippen LogP contribution in [0.5, 0.6) is 0 Å². The van der Waals surface area contributed by atoms with Crippen LogP contribution in [-0.2, 0) is 17.6 Å². The summed E-state index contributed by atoms with van der Waals surface area (Å²) in [6.45, 7) is 4.59. The van der Waals surface area contributed by atoms with Crippen molar-refractivity contribution in [1.29, 1.82) is 0 Å². The van der Waals surface area contributed by atoms with E-state index in [1.165, 1.54) is 11.1 Å². The number of aromatic nitrogens is 2. The zero-order valence-corrected chi connectivity index (χ0v) is 20.9. The third-order valence-electron chi connectivity index (χ3n) is 7.42. The number of rotatable bonds is 9. The van der Waals surface area contributed by atoms with Crippen LogP contribution in [0.1, 0.15) is 52.9 Å². The zero-order valence-electron chi connectivity index (χ0n) is 20.9. The fourth-order valence-corrected chi connectivity index (χ4v) is 5.00. The number of H-pyrrole nitrogens is 1. The SMILES string of the molecule is Cc1ccccc1CC1CCN(c2ccc(C(=O)NCCc3cnc[nH]3)cc2NC(=O)C2CC2)CC1. The van der Waals surface area contributed by atoms with Crippen LogP contribution < -0.4 is 15.5 Å². The van der Waals surface area contributed by atoms with Crippen molar-refractivity contribution in [3.63, 3.8) is 0 Å². The number of hydrogen-bond donors (Lipinski definition) is 3. The highest BCUT2D eigenvalue weighted by Crippen LogP contribution is 2.35. The van der Waals surface area contributed by atoms with E-state index in [2.05, 4.69) is 56.7 Å². The van der Waals surface area contributed by atoms with Crippen LogP contribution >= 0.6 is 0 Å². The summed E-state index contributed by atoms with van der Waals surface area (Å²) in [5, 5.41) is 6.10. The van der Waals surface area contributed by atoms with Gasteiger partial charge in [-0.1, -0.05) is 24.3 Å². The number of carbonyl (C=O) groups excluding carboxylic acids is 2. The molecule has 7 heteroatoms. The molecule has 36 heavy (non-hydrogen) atoms. The second-order valence-electron chi connectivity index (χ2n) is 10.1. The normalized spacial score (nSPS) is 16.1. The molecule has 1 saturated heterocycles. The molecule has 1 aliphatic heterocycles. The van der Waals surface area contributed by atoms with Crippen molar-refractivity contribution in [2.45, 2.75) is 45.4 Å². The molecule has 2 fully saturated rings. The second kappa shape index (κ2) is 11.0. The van der Waals surface area contributed by atoms with Gasteiger partial charge in [-0.3, -0.25) is 9.59 Å². The molecule has 1 aliphatic carbocycles. The van der Waals surface area contributed by atoms with E-state index < -0.39 is 0 Å². The van der Waals surface area contributed by atoms with E-state index in [1.807, 2.05) is 18.2 Å². The van der Waals surface area contributed by atoms with Gasteiger partial charge < -0.3 is 20.5 Å². The van der Waals surface area contributed by atoms with Crippen molar-refractivity contribution in [3.8, 4) is 0 Å². The fourth-order valence-electron chi connectivity index (χ4n) is 5.00. The molecule has 7 nitrogen and oxygen atoms in total. The summed E-state index contributed by atoms with van der Waals surface area (Å²) in [6, 6.07) is 14.4. The summed E-state index contributed by atoms with van der Waals surface area (Å²) in [4.78, 5) is 34.9. The lowest BCUT2D eigenvalue weighted by molar-refractivity contribution is -0.117. The molecule has 5 rings (SSSR count). The first-order valence-corrected chi connectivity index (χ1v) is 13.1. The predicted octanol–water partition coefficient (Wildman–Crippen LogP) is 4.50. The van der Waals surface area contributed by atoms with Crippen LogP contribution in [0.15, 0.2) is 55.0 Å². The first-order valence-electron chi connectivity index (χ1n) is 13.1. The number of anilines is 2. The number of aromatic amines is 1. The van der Waals surface area contributed by atoms with Gasteiger partial charge in [0.05, 0.1) is 17.7 Å². The Balaban J connectivity index is 1.25. The first-order chi connectivity index (χ1) is 17.6. The first kappa shape index (κ1) is 24.1. The van der Waals surface area contributed by atoms with Gasteiger partial charge in [0.15, 0.2) is 0 Å². The molecule has 0 unspecified atom stereocenters. The quantitative estimate of drug-likeness (QED) is 0.416. The number of amides is 2. The molecule has 0 radical (unpaired) electrons. The third kappa shape index (κ3) is 5.96. The molecule has 2 heterocycles. The van der Waals surface area contributed by atoms with Gasteiger partial charge >= 0.3 is 0 Å². The number of nitrogens with zero attached hydrogens (tertiary/aromatic N) is 2. The van der Waals surface area contributed by atoms with Crippen molar-refractivity contribution in [1.82, 2.24) is 15.3 Å². The molecule has 0 spiro atoms. The summed E-state index contributed by atoms with van der Waals surface area (Å²) < 4.78 is 0. The molecular weight excluding hydrogens is 450 g/mol. The van der Waals surface area contributed by atoms with E-state index in [0.717, 1.165) is 62.3 Å². The lowest BCUT2D eigenvalue weighted by atomic mass is 9.88. The summed E-state index contributed by atoms with van der Waals surface area (Å²) in [6.07, 6.45) is 9.31. The average molecular weight is 486 g/mol. The molecule has 2 aliphatic rings. The molecule has 2 aromatic carbocycles. The Morgan fingerprint density at radius 3 is 2.61 bits per heavy atom. The van der Waals surface area contributed by atoms with Gasteiger partial charge in [-0.25, -0.2) is 4.98 Å². The molecule has 3 aromatic rings. The molecule has 1 saturated carbocycles. The lowest BCUT2D eigenvalue weighted by Crippen LogP contribution is -2.35. The highest BCUT2D eigenvalue weighted by molar-refractivity contribution is 6.01. The van der Waals surface area contributed by atoms with E-state index in [9.17, 15) is 9.59 Å². The smallest absolute Gasteiger partial charge is 0.251 e. The highest BCUT2D eigenvalue weighted by Gasteiger charge is 2.31. The van der Waals surface area contributed by atoms with Crippen LogP contribution in [-0.4, -0.2) is 41.4 Å². The number of benzene rings is 2. The van der Waals surface area contributed by atoms with Crippen LogP contribution in [0, 0.1) is 18.8 Å². The van der Waals surface area contributed by atoms with Gasteiger partial charge in [0.25, 0.3) is 5.91 Å². The van der Waals surface area contributed by atoms with Crippen molar-refractivity contribution in [3.05, 3.63) is 77.4 Å². The molecule has 3 N–H and O–H groups in total. The van der Waals surface area contributed by atoms with Gasteiger partial charge in [0.1, 0.15) is 0 Å². The lowest BCUT2D eigenvalue weighted by Gasteiger charge is -2.35. The molecule has 1 aromatic heterocycles. The minimum Gasteiger partial charge on any atom is -0.370 e. The summed E-state index contributed by atoms with van der Waals surface area (Å²) >= 11 is 0. The highest BCUT2D eigenvalue weighted by atomic mass is 16.2. The Morgan fingerprint density at radius 2 is 1.89 bits per heavy atom. The monoisotopic (exact) mass is 485 g/mol. The molecular formula is C29H35N5O2. The molecule has 188 valence electrons. The van der Waals surface area contributed by atoms with Crippen molar-refractivity contribution >= 4 is 23.2 Å². The Labute approximate surface area is 212 Å². The maximum Gasteiger partial charge on any atom is 0.251 e. The zero-order chi connectivity index (χ0) is 24.9. The minimum absolute atomic E-state index is 0.0579. The summed E-state index contributed by atoms with van der Waals surface area (Å²) in [7, 11) is 0. The second-order valence-corrected chi connectivity index (χ2v) is 10.1. The molecule has 2 amide bonds. The Hall–Kier alpha value is -3.61. The topological polar surface area (TPSA) is 90.1 Å². The van der Waals surface area contributed by atoms with E-state index in [1.54, 1.807) is 12.5 Å². The van der Waals surface area contributed by atoms with E-state index in [-0.39, 0.29) is 17.7 Å². The maximum atomic E-state index is 12.8. The van der Waals surface area contributed by atoms with Gasteiger partial charge in [0, 0.05) is 49.4 Å². The van der Waals surface area contributed by atoms with Gasteiger partial charge in [-0.2, -0.15) is 0 Å². The van der Waals surface area contributed by atoms with Gasteiger partial charge in [-0.05, 0) is 74.3 Å². The third-order valence-corrected chi connectivity index (χ3v) is 7.42.